The lowest BCUT2D eigenvalue weighted by Gasteiger charge is -2.15. The minimum absolute atomic E-state index is 0.0838. The molecule has 6 heteroatoms. The lowest BCUT2D eigenvalue weighted by atomic mass is 10.1. The van der Waals surface area contributed by atoms with Crippen molar-refractivity contribution >= 4 is 27.7 Å². The van der Waals surface area contributed by atoms with Gasteiger partial charge in [0.15, 0.2) is 0 Å². The van der Waals surface area contributed by atoms with Crippen molar-refractivity contribution in [2.24, 2.45) is 0 Å². The molecule has 2 rings (SSSR count). The standard InChI is InChI=1S/C13H18BrN3O2/c1-2-17-8-9(14)7-11(17)13(19)16-10-5-3-4-6-15-12(10)18/h7-8,10H,2-6H2,1H3,(H,15,18)(H,16,19). The quantitative estimate of drug-likeness (QED) is 0.887. The Morgan fingerprint density at radius 2 is 2.37 bits per heavy atom. The zero-order valence-corrected chi connectivity index (χ0v) is 12.5. The number of carbonyl (C=O) groups is 2. The number of hydrogen-bond donors (Lipinski definition) is 2. The van der Waals surface area contributed by atoms with Crippen LogP contribution >= 0.6 is 15.9 Å². The molecule has 0 aromatic carbocycles. The highest BCUT2D eigenvalue weighted by Gasteiger charge is 2.24. The van der Waals surface area contributed by atoms with E-state index in [1.807, 2.05) is 17.7 Å². The predicted octanol–water partition coefficient (Wildman–Crippen LogP) is 1.67. The van der Waals surface area contributed by atoms with Crippen LogP contribution in [0.4, 0.5) is 0 Å². The molecule has 2 heterocycles. The van der Waals surface area contributed by atoms with Crippen molar-refractivity contribution in [1.29, 1.82) is 0 Å². The smallest absolute Gasteiger partial charge is 0.268 e. The molecule has 2 amide bonds. The zero-order chi connectivity index (χ0) is 13.8. The van der Waals surface area contributed by atoms with E-state index >= 15 is 0 Å². The number of halogens is 1. The molecule has 0 aliphatic carbocycles. The Bertz CT molecular complexity index is 484. The van der Waals surface area contributed by atoms with Gasteiger partial charge in [0.2, 0.25) is 5.91 Å². The van der Waals surface area contributed by atoms with E-state index < -0.39 is 6.04 Å². The van der Waals surface area contributed by atoms with E-state index in [-0.39, 0.29) is 11.8 Å². The summed E-state index contributed by atoms with van der Waals surface area (Å²) in [6, 6.07) is 1.35. The van der Waals surface area contributed by atoms with E-state index in [1.165, 1.54) is 0 Å². The molecule has 19 heavy (non-hydrogen) atoms. The van der Waals surface area contributed by atoms with Gasteiger partial charge in [-0.05, 0) is 48.2 Å². The molecule has 1 unspecified atom stereocenters. The van der Waals surface area contributed by atoms with E-state index in [0.717, 1.165) is 17.3 Å². The van der Waals surface area contributed by atoms with Crippen LogP contribution in [0, 0.1) is 0 Å². The van der Waals surface area contributed by atoms with Crippen molar-refractivity contribution in [3.8, 4) is 0 Å². The summed E-state index contributed by atoms with van der Waals surface area (Å²) in [6.07, 6.45) is 4.48. The van der Waals surface area contributed by atoms with Gasteiger partial charge in [-0.1, -0.05) is 0 Å². The van der Waals surface area contributed by atoms with Gasteiger partial charge < -0.3 is 15.2 Å². The summed E-state index contributed by atoms with van der Waals surface area (Å²) in [5, 5.41) is 5.64. The minimum Gasteiger partial charge on any atom is -0.354 e. The molecule has 1 saturated heterocycles. The van der Waals surface area contributed by atoms with E-state index in [9.17, 15) is 9.59 Å². The summed E-state index contributed by atoms with van der Waals surface area (Å²) in [6.45, 7) is 3.38. The van der Waals surface area contributed by atoms with Gasteiger partial charge in [-0.2, -0.15) is 0 Å². The summed E-state index contributed by atoms with van der Waals surface area (Å²) >= 11 is 3.36. The number of nitrogens with one attached hydrogen (secondary N) is 2. The summed E-state index contributed by atoms with van der Waals surface area (Å²) in [4.78, 5) is 24.0. The Hall–Kier alpha value is -1.30. The lowest BCUT2D eigenvalue weighted by Crippen LogP contribution is -2.45. The Labute approximate surface area is 120 Å². The van der Waals surface area contributed by atoms with Gasteiger partial charge in [-0.3, -0.25) is 9.59 Å². The molecule has 5 nitrogen and oxygen atoms in total. The number of aryl methyl sites for hydroxylation is 1. The third-order valence-electron chi connectivity index (χ3n) is 3.28. The second kappa shape index (κ2) is 6.23. The van der Waals surface area contributed by atoms with Gasteiger partial charge in [0.25, 0.3) is 5.91 Å². The zero-order valence-electron chi connectivity index (χ0n) is 10.9. The lowest BCUT2D eigenvalue weighted by molar-refractivity contribution is -0.122. The van der Waals surface area contributed by atoms with Gasteiger partial charge in [0, 0.05) is 23.8 Å². The van der Waals surface area contributed by atoms with E-state index in [0.29, 0.717) is 25.2 Å². The third-order valence-corrected chi connectivity index (χ3v) is 3.71. The largest absolute Gasteiger partial charge is 0.354 e. The van der Waals surface area contributed by atoms with Crippen LogP contribution in [0.5, 0.6) is 0 Å². The van der Waals surface area contributed by atoms with Crippen LogP contribution in [0.1, 0.15) is 36.7 Å². The highest BCUT2D eigenvalue weighted by molar-refractivity contribution is 9.10. The monoisotopic (exact) mass is 327 g/mol. The van der Waals surface area contributed by atoms with Crippen molar-refractivity contribution in [3.05, 3.63) is 22.4 Å². The van der Waals surface area contributed by atoms with Crippen molar-refractivity contribution in [3.63, 3.8) is 0 Å². The molecule has 1 aromatic heterocycles. The highest BCUT2D eigenvalue weighted by Crippen LogP contribution is 2.15. The fourth-order valence-corrected chi connectivity index (χ4v) is 2.70. The predicted molar refractivity (Wildman–Crippen MR) is 75.9 cm³/mol. The van der Waals surface area contributed by atoms with Crippen molar-refractivity contribution in [1.82, 2.24) is 15.2 Å². The topological polar surface area (TPSA) is 63.1 Å². The first-order valence-corrected chi connectivity index (χ1v) is 7.35. The van der Waals surface area contributed by atoms with Gasteiger partial charge >= 0.3 is 0 Å². The maximum absolute atomic E-state index is 12.2. The van der Waals surface area contributed by atoms with Crippen LogP contribution in [-0.4, -0.2) is 29.0 Å². The van der Waals surface area contributed by atoms with Crippen LogP contribution in [0.25, 0.3) is 0 Å². The molecule has 1 aromatic rings. The maximum atomic E-state index is 12.2. The Morgan fingerprint density at radius 3 is 3.11 bits per heavy atom. The van der Waals surface area contributed by atoms with Gasteiger partial charge in [0.1, 0.15) is 11.7 Å². The van der Waals surface area contributed by atoms with Crippen molar-refractivity contribution < 1.29 is 9.59 Å². The van der Waals surface area contributed by atoms with Crippen LogP contribution in [0.15, 0.2) is 16.7 Å². The molecule has 1 aliphatic rings. The summed E-state index contributed by atoms with van der Waals surface area (Å²) in [5.41, 5.74) is 0.575. The summed E-state index contributed by atoms with van der Waals surface area (Å²) in [7, 11) is 0. The first kappa shape index (κ1) is 14.1. The number of aromatic nitrogens is 1. The number of amides is 2. The SMILES string of the molecule is CCn1cc(Br)cc1C(=O)NC1CCCCNC1=O. The second-order valence-electron chi connectivity index (χ2n) is 4.64. The number of rotatable bonds is 3. The highest BCUT2D eigenvalue weighted by atomic mass is 79.9. The normalized spacial score (nSPS) is 19.7. The molecule has 1 aliphatic heterocycles. The number of carbonyl (C=O) groups excluding carboxylic acids is 2. The molecule has 1 atom stereocenters. The fraction of sp³-hybridized carbons (Fsp3) is 0.538. The van der Waals surface area contributed by atoms with Crippen LogP contribution in [0.3, 0.4) is 0 Å². The molecule has 0 bridgehead atoms. The van der Waals surface area contributed by atoms with Crippen molar-refractivity contribution in [2.45, 2.75) is 38.8 Å². The molecule has 2 N–H and O–H groups in total. The minimum atomic E-state index is -0.422. The van der Waals surface area contributed by atoms with Crippen LogP contribution in [-0.2, 0) is 11.3 Å². The third kappa shape index (κ3) is 3.37. The second-order valence-corrected chi connectivity index (χ2v) is 5.56. The van der Waals surface area contributed by atoms with Crippen LogP contribution < -0.4 is 10.6 Å². The first-order valence-electron chi connectivity index (χ1n) is 6.56. The maximum Gasteiger partial charge on any atom is 0.268 e. The summed E-state index contributed by atoms with van der Waals surface area (Å²) in [5.74, 6) is -0.283. The Balaban J connectivity index is 2.09. The van der Waals surface area contributed by atoms with Crippen molar-refractivity contribution in [2.75, 3.05) is 6.54 Å². The number of nitrogens with zero attached hydrogens (tertiary/aromatic N) is 1. The van der Waals surface area contributed by atoms with Gasteiger partial charge in [-0.15, -0.1) is 0 Å². The molecule has 104 valence electrons. The van der Waals surface area contributed by atoms with Gasteiger partial charge in [0.05, 0.1) is 0 Å². The molecule has 0 spiro atoms. The molecule has 1 fully saturated rings. The average Bonchev–Trinajstić information content (AvgIpc) is 2.66. The van der Waals surface area contributed by atoms with E-state index in [4.69, 9.17) is 0 Å². The van der Waals surface area contributed by atoms with Crippen LogP contribution in [0.2, 0.25) is 0 Å². The summed E-state index contributed by atoms with van der Waals surface area (Å²) < 4.78 is 2.72. The first-order chi connectivity index (χ1) is 9.11. The molecular weight excluding hydrogens is 310 g/mol. The molecular formula is C13H18BrN3O2. The average molecular weight is 328 g/mol. The van der Waals surface area contributed by atoms with E-state index in [2.05, 4.69) is 26.6 Å². The molecule has 0 saturated carbocycles. The van der Waals surface area contributed by atoms with Gasteiger partial charge in [-0.25, -0.2) is 0 Å². The Kier molecular flexibility index (Phi) is 4.63. The Morgan fingerprint density at radius 1 is 1.58 bits per heavy atom. The number of hydrogen-bond acceptors (Lipinski definition) is 2. The van der Waals surface area contributed by atoms with E-state index in [1.54, 1.807) is 6.07 Å². The fourth-order valence-electron chi connectivity index (χ4n) is 2.24. The molecule has 0 radical (unpaired) electrons.